The fourth-order valence-corrected chi connectivity index (χ4v) is 5.27. The van der Waals surface area contributed by atoms with Crippen LogP contribution in [0.2, 0.25) is 0 Å². The Morgan fingerprint density at radius 3 is 2.87 bits per heavy atom. The van der Waals surface area contributed by atoms with Gasteiger partial charge in [0, 0.05) is 48.5 Å². The first-order chi connectivity index (χ1) is 14.5. The predicted molar refractivity (Wildman–Crippen MR) is 117 cm³/mol. The van der Waals surface area contributed by atoms with Crippen LogP contribution in [0.15, 0.2) is 18.2 Å². The number of ether oxygens (including phenoxy) is 1. The summed E-state index contributed by atoms with van der Waals surface area (Å²) >= 11 is 1.70. The minimum absolute atomic E-state index is 0.221. The molecule has 1 aromatic carbocycles. The molecule has 1 saturated heterocycles. The van der Waals surface area contributed by atoms with Gasteiger partial charge in [-0.25, -0.2) is 14.6 Å². The van der Waals surface area contributed by atoms with Crippen molar-refractivity contribution in [3.05, 3.63) is 34.5 Å². The SMILES string of the molecule is Cc1nc(-c2nc3c(s2)CCOc2cc(C4CN(CCO)C4)ccc2-3)n(C(C)C)n1. The molecule has 0 unspecified atom stereocenters. The van der Waals surface area contributed by atoms with Crippen molar-refractivity contribution in [3.63, 3.8) is 0 Å². The number of aryl methyl sites for hydroxylation is 1. The van der Waals surface area contributed by atoms with Crippen LogP contribution in [0.1, 0.15) is 42.1 Å². The number of aromatic nitrogens is 4. The molecule has 3 aromatic rings. The van der Waals surface area contributed by atoms with E-state index in [0.717, 1.165) is 59.7 Å². The Labute approximate surface area is 180 Å². The summed E-state index contributed by atoms with van der Waals surface area (Å²) in [5, 5.41) is 14.6. The van der Waals surface area contributed by atoms with Crippen LogP contribution < -0.4 is 4.74 Å². The second-order valence-corrected chi connectivity index (χ2v) is 9.43. The number of aliphatic hydroxyl groups excluding tert-OH is 1. The van der Waals surface area contributed by atoms with Crippen molar-refractivity contribution in [2.24, 2.45) is 0 Å². The zero-order chi connectivity index (χ0) is 20.8. The molecular formula is C22H27N5O2S. The van der Waals surface area contributed by atoms with Gasteiger partial charge in [0.15, 0.2) is 10.8 Å². The first-order valence-electron chi connectivity index (χ1n) is 10.6. The molecule has 0 radical (unpaired) electrons. The van der Waals surface area contributed by atoms with Gasteiger partial charge < -0.3 is 9.84 Å². The summed E-state index contributed by atoms with van der Waals surface area (Å²) < 4.78 is 8.08. The molecule has 0 aliphatic carbocycles. The number of hydrogen-bond acceptors (Lipinski definition) is 7. The first-order valence-corrected chi connectivity index (χ1v) is 11.4. The van der Waals surface area contributed by atoms with Gasteiger partial charge in [0.25, 0.3) is 0 Å². The number of thiazole rings is 1. The molecule has 0 amide bonds. The van der Waals surface area contributed by atoms with E-state index in [2.05, 4.69) is 47.0 Å². The lowest BCUT2D eigenvalue weighted by atomic mass is 9.90. The maximum absolute atomic E-state index is 9.10. The summed E-state index contributed by atoms with van der Waals surface area (Å²) in [6, 6.07) is 6.78. The molecule has 8 heteroatoms. The summed E-state index contributed by atoms with van der Waals surface area (Å²) in [4.78, 5) is 13.2. The van der Waals surface area contributed by atoms with Gasteiger partial charge in [0.1, 0.15) is 11.6 Å². The number of fused-ring (bicyclic) bond motifs is 3. The lowest BCUT2D eigenvalue weighted by molar-refractivity contribution is 0.115. The van der Waals surface area contributed by atoms with Crippen molar-refractivity contribution in [2.45, 2.75) is 39.2 Å². The summed E-state index contributed by atoms with van der Waals surface area (Å²) in [5.41, 5.74) is 3.38. The van der Waals surface area contributed by atoms with E-state index < -0.39 is 0 Å². The zero-order valence-corrected chi connectivity index (χ0v) is 18.4. The topological polar surface area (TPSA) is 76.3 Å². The van der Waals surface area contributed by atoms with Gasteiger partial charge in [-0.05, 0) is 38.5 Å². The predicted octanol–water partition coefficient (Wildman–Crippen LogP) is 3.28. The standard InChI is InChI=1S/C22H27N5O2S/c1-13(2)27-21(23-14(3)25-27)22-24-20-17-5-4-15(16-11-26(12-16)7-8-28)10-18(17)29-9-6-19(20)30-22/h4-5,10,13,16,28H,6-9,11-12H2,1-3H3. The second kappa shape index (κ2) is 7.76. The van der Waals surface area contributed by atoms with E-state index in [4.69, 9.17) is 14.8 Å². The molecule has 0 bridgehead atoms. The summed E-state index contributed by atoms with van der Waals surface area (Å²) in [6.07, 6.45) is 0.847. The highest BCUT2D eigenvalue weighted by atomic mass is 32.1. The Hall–Kier alpha value is -2.29. The molecule has 1 N–H and O–H groups in total. The molecule has 0 saturated carbocycles. The highest BCUT2D eigenvalue weighted by Gasteiger charge is 2.29. The van der Waals surface area contributed by atoms with Crippen molar-refractivity contribution in [2.75, 3.05) is 32.8 Å². The number of hydrogen-bond donors (Lipinski definition) is 1. The number of β-amino-alcohol motifs (C(OH)–C–C–N with tert-alkyl or cyclic N) is 1. The van der Waals surface area contributed by atoms with Gasteiger partial charge in [0.05, 0.1) is 18.9 Å². The van der Waals surface area contributed by atoms with Gasteiger partial charge in [-0.3, -0.25) is 4.90 Å². The minimum Gasteiger partial charge on any atom is -0.492 e. The molecule has 2 aromatic heterocycles. The van der Waals surface area contributed by atoms with Crippen LogP contribution in [-0.2, 0) is 6.42 Å². The van der Waals surface area contributed by atoms with E-state index in [9.17, 15) is 0 Å². The van der Waals surface area contributed by atoms with Gasteiger partial charge in [0.2, 0.25) is 0 Å². The third-order valence-electron chi connectivity index (χ3n) is 5.81. The van der Waals surface area contributed by atoms with Gasteiger partial charge in [-0.1, -0.05) is 6.07 Å². The summed E-state index contributed by atoms with van der Waals surface area (Å²) in [7, 11) is 0. The van der Waals surface area contributed by atoms with Crippen molar-refractivity contribution < 1.29 is 9.84 Å². The Morgan fingerprint density at radius 2 is 2.10 bits per heavy atom. The van der Waals surface area contributed by atoms with E-state index in [0.29, 0.717) is 12.5 Å². The largest absolute Gasteiger partial charge is 0.492 e. The van der Waals surface area contributed by atoms with Crippen LogP contribution in [0.4, 0.5) is 0 Å². The van der Waals surface area contributed by atoms with Crippen molar-refractivity contribution >= 4 is 11.3 Å². The number of likely N-dealkylation sites (tertiary alicyclic amines) is 1. The number of benzene rings is 1. The second-order valence-electron chi connectivity index (χ2n) is 8.35. The average molecular weight is 426 g/mol. The molecule has 5 rings (SSSR count). The molecule has 2 aliphatic rings. The van der Waals surface area contributed by atoms with Crippen LogP contribution in [0.5, 0.6) is 5.75 Å². The lowest BCUT2D eigenvalue weighted by Gasteiger charge is -2.39. The molecule has 7 nitrogen and oxygen atoms in total. The van der Waals surface area contributed by atoms with E-state index in [1.165, 1.54) is 10.4 Å². The maximum Gasteiger partial charge on any atom is 0.187 e. The molecule has 30 heavy (non-hydrogen) atoms. The fourth-order valence-electron chi connectivity index (χ4n) is 4.23. The van der Waals surface area contributed by atoms with Gasteiger partial charge in [-0.15, -0.1) is 11.3 Å². The van der Waals surface area contributed by atoms with Crippen LogP contribution in [0.25, 0.3) is 22.1 Å². The Balaban J connectivity index is 1.48. The van der Waals surface area contributed by atoms with Crippen LogP contribution in [0, 0.1) is 6.92 Å². The third-order valence-corrected chi connectivity index (χ3v) is 6.92. The van der Waals surface area contributed by atoms with Crippen molar-refractivity contribution in [1.82, 2.24) is 24.6 Å². The Bertz CT molecular complexity index is 1070. The van der Waals surface area contributed by atoms with E-state index in [1.54, 1.807) is 11.3 Å². The molecule has 0 atom stereocenters. The summed E-state index contributed by atoms with van der Waals surface area (Å²) in [6.45, 7) is 9.77. The lowest BCUT2D eigenvalue weighted by Crippen LogP contribution is -2.46. The van der Waals surface area contributed by atoms with Crippen molar-refractivity contribution in [1.29, 1.82) is 0 Å². The first kappa shape index (κ1) is 19.7. The molecule has 0 spiro atoms. The number of nitrogens with zero attached hydrogens (tertiary/aromatic N) is 5. The third kappa shape index (κ3) is 3.42. The Kier molecular flexibility index (Phi) is 5.08. The van der Waals surface area contributed by atoms with Crippen LogP contribution in [-0.4, -0.2) is 62.6 Å². The fraction of sp³-hybridized carbons (Fsp3) is 0.500. The average Bonchev–Trinajstić information content (AvgIpc) is 3.24. The van der Waals surface area contributed by atoms with E-state index in [-0.39, 0.29) is 12.6 Å². The normalized spacial score (nSPS) is 16.7. The van der Waals surface area contributed by atoms with Gasteiger partial charge >= 0.3 is 0 Å². The highest BCUT2D eigenvalue weighted by Crippen LogP contribution is 2.42. The smallest absolute Gasteiger partial charge is 0.187 e. The molecule has 1 fully saturated rings. The van der Waals surface area contributed by atoms with Crippen LogP contribution >= 0.6 is 11.3 Å². The van der Waals surface area contributed by atoms with Crippen molar-refractivity contribution in [3.8, 4) is 27.8 Å². The highest BCUT2D eigenvalue weighted by molar-refractivity contribution is 7.15. The zero-order valence-electron chi connectivity index (χ0n) is 17.6. The van der Waals surface area contributed by atoms with Crippen LogP contribution in [0.3, 0.4) is 0 Å². The van der Waals surface area contributed by atoms with Gasteiger partial charge in [-0.2, -0.15) is 5.10 Å². The number of aliphatic hydroxyl groups is 1. The minimum atomic E-state index is 0.221. The number of rotatable bonds is 5. The quantitative estimate of drug-likeness (QED) is 0.676. The monoisotopic (exact) mass is 425 g/mol. The summed E-state index contributed by atoms with van der Waals surface area (Å²) in [5.74, 6) is 3.04. The van der Waals surface area contributed by atoms with E-state index >= 15 is 0 Å². The molecule has 2 aliphatic heterocycles. The molecular weight excluding hydrogens is 398 g/mol. The molecule has 4 heterocycles. The molecule has 158 valence electrons. The van der Waals surface area contributed by atoms with E-state index in [1.807, 2.05) is 11.6 Å². The maximum atomic E-state index is 9.10. The Morgan fingerprint density at radius 1 is 1.27 bits per heavy atom.